The molecule has 6 heteroatoms. The van der Waals surface area contributed by atoms with E-state index in [0.29, 0.717) is 0 Å². The number of hydrogen-bond acceptors (Lipinski definition) is 2. The van der Waals surface area contributed by atoms with E-state index in [-0.39, 0.29) is 6.42 Å². The van der Waals surface area contributed by atoms with Gasteiger partial charge in [-0.3, -0.25) is 0 Å². The third-order valence-corrected chi connectivity index (χ3v) is 2.09. The molecule has 0 radical (unpaired) electrons. The van der Waals surface area contributed by atoms with Crippen LogP contribution in [0.15, 0.2) is 0 Å². The summed E-state index contributed by atoms with van der Waals surface area (Å²) in [6.45, 7) is -1.13. The zero-order valence-electron chi connectivity index (χ0n) is 8.03. The Morgan fingerprint density at radius 1 is 0.938 bits per heavy atom. The van der Waals surface area contributed by atoms with Crippen LogP contribution < -0.4 is 0 Å². The molecule has 0 saturated carbocycles. The van der Waals surface area contributed by atoms with Gasteiger partial charge in [-0.15, -0.1) is 0 Å². The average Bonchev–Trinajstić information content (AvgIpc) is 2.27. The standard InChI is InChI=1S/C10H7F4NO/c11-7-5(2-1-3-15)8(12)10(14)6(4-16)9(7)13/h16H,1-2,4H2. The Morgan fingerprint density at radius 3 is 1.75 bits per heavy atom. The maximum Gasteiger partial charge on any atom is 0.167 e. The molecule has 0 unspecified atom stereocenters. The molecule has 1 rings (SSSR count). The molecule has 16 heavy (non-hydrogen) atoms. The molecule has 0 aliphatic heterocycles. The van der Waals surface area contributed by atoms with Gasteiger partial charge in [-0.05, 0) is 6.42 Å². The van der Waals surface area contributed by atoms with E-state index in [1.165, 1.54) is 0 Å². The van der Waals surface area contributed by atoms with E-state index in [4.69, 9.17) is 10.4 Å². The fourth-order valence-corrected chi connectivity index (χ4v) is 1.26. The van der Waals surface area contributed by atoms with Gasteiger partial charge >= 0.3 is 0 Å². The van der Waals surface area contributed by atoms with Gasteiger partial charge in [0.2, 0.25) is 0 Å². The van der Waals surface area contributed by atoms with E-state index in [1.807, 2.05) is 0 Å². The number of benzene rings is 1. The molecule has 0 heterocycles. The second-order valence-corrected chi connectivity index (χ2v) is 3.03. The van der Waals surface area contributed by atoms with Crippen molar-refractivity contribution >= 4 is 0 Å². The van der Waals surface area contributed by atoms with E-state index in [0.717, 1.165) is 0 Å². The van der Waals surface area contributed by atoms with Gasteiger partial charge in [-0.1, -0.05) is 0 Å². The van der Waals surface area contributed by atoms with Gasteiger partial charge in [0.05, 0.1) is 18.2 Å². The average molecular weight is 233 g/mol. The van der Waals surface area contributed by atoms with Crippen LogP contribution >= 0.6 is 0 Å². The minimum atomic E-state index is -1.62. The zero-order chi connectivity index (χ0) is 12.3. The van der Waals surface area contributed by atoms with Crippen molar-refractivity contribution in [1.29, 1.82) is 5.26 Å². The molecule has 86 valence electrons. The predicted molar refractivity (Wildman–Crippen MR) is 46.1 cm³/mol. The van der Waals surface area contributed by atoms with Gasteiger partial charge in [-0.2, -0.15) is 5.26 Å². The summed E-state index contributed by atoms with van der Waals surface area (Å²) in [6.07, 6.45) is -0.682. The van der Waals surface area contributed by atoms with Gasteiger partial charge in [-0.25, -0.2) is 17.6 Å². The highest BCUT2D eigenvalue weighted by atomic mass is 19.2. The lowest BCUT2D eigenvalue weighted by molar-refractivity contribution is 0.262. The largest absolute Gasteiger partial charge is 0.391 e. The first-order valence-corrected chi connectivity index (χ1v) is 4.36. The normalized spacial score (nSPS) is 10.2. The second-order valence-electron chi connectivity index (χ2n) is 3.03. The van der Waals surface area contributed by atoms with Gasteiger partial charge < -0.3 is 5.11 Å². The van der Waals surface area contributed by atoms with Gasteiger partial charge in [0.15, 0.2) is 23.3 Å². The molecule has 0 aromatic heterocycles. The Bertz CT molecular complexity index is 424. The lowest BCUT2D eigenvalue weighted by atomic mass is 10.0. The van der Waals surface area contributed by atoms with Crippen molar-refractivity contribution in [2.24, 2.45) is 0 Å². The van der Waals surface area contributed by atoms with Crippen molar-refractivity contribution in [3.63, 3.8) is 0 Å². The molecule has 1 aromatic rings. The molecule has 0 spiro atoms. The van der Waals surface area contributed by atoms with Crippen molar-refractivity contribution in [3.8, 4) is 6.07 Å². The van der Waals surface area contributed by atoms with Crippen molar-refractivity contribution in [2.45, 2.75) is 19.4 Å². The molecule has 0 amide bonds. The summed E-state index contributed by atoms with van der Waals surface area (Å²) in [5.74, 6) is -6.35. The first-order valence-electron chi connectivity index (χ1n) is 4.36. The lowest BCUT2D eigenvalue weighted by Crippen LogP contribution is -2.08. The molecule has 1 N–H and O–H groups in total. The summed E-state index contributed by atoms with van der Waals surface area (Å²) in [7, 11) is 0. The number of aliphatic hydroxyl groups excluding tert-OH is 1. The smallest absolute Gasteiger partial charge is 0.167 e. The van der Waals surface area contributed by atoms with Gasteiger partial charge in [0.25, 0.3) is 0 Å². The summed E-state index contributed by atoms with van der Waals surface area (Å²) in [5, 5.41) is 16.8. The number of hydrogen-bond donors (Lipinski definition) is 1. The maximum atomic E-state index is 13.2. The van der Waals surface area contributed by atoms with Crippen LogP contribution in [0.2, 0.25) is 0 Å². The molecule has 2 nitrogen and oxygen atoms in total. The van der Waals surface area contributed by atoms with Crippen LogP contribution in [0, 0.1) is 34.6 Å². The highest BCUT2D eigenvalue weighted by molar-refractivity contribution is 5.29. The van der Waals surface area contributed by atoms with Crippen LogP contribution in [0.4, 0.5) is 17.6 Å². The Balaban J connectivity index is 3.36. The van der Waals surface area contributed by atoms with Crippen molar-refractivity contribution in [2.75, 3.05) is 0 Å². The third-order valence-electron chi connectivity index (χ3n) is 2.09. The van der Waals surface area contributed by atoms with Gasteiger partial charge in [0, 0.05) is 12.0 Å². The topological polar surface area (TPSA) is 44.0 Å². The Morgan fingerprint density at radius 2 is 1.38 bits per heavy atom. The highest BCUT2D eigenvalue weighted by Gasteiger charge is 2.24. The molecule has 1 aromatic carbocycles. The minimum absolute atomic E-state index is 0.259. The Hall–Kier alpha value is -1.61. The molecule has 0 fully saturated rings. The monoisotopic (exact) mass is 233 g/mol. The fraction of sp³-hybridized carbons (Fsp3) is 0.300. The summed E-state index contributed by atoms with van der Waals surface area (Å²) >= 11 is 0. The highest BCUT2D eigenvalue weighted by Crippen LogP contribution is 2.25. The van der Waals surface area contributed by atoms with E-state index in [9.17, 15) is 17.6 Å². The van der Waals surface area contributed by atoms with E-state index >= 15 is 0 Å². The summed E-state index contributed by atoms with van der Waals surface area (Å²) in [6, 6.07) is 1.61. The van der Waals surface area contributed by atoms with Crippen LogP contribution in [0.5, 0.6) is 0 Å². The molecule has 0 atom stereocenters. The first-order chi connectivity index (χ1) is 7.54. The lowest BCUT2D eigenvalue weighted by Gasteiger charge is -2.09. The SMILES string of the molecule is N#CCCc1c(F)c(F)c(CO)c(F)c1F. The van der Waals surface area contributed by atoms with E-state index < -0.39 is 47.4 Å². The van der Waals surface area contributed by atoms with Crippen LogP contribution in [-0.2, 0) is 13.0 Å². The van der Waals surface area contributed by atoms with E-state index in [1.54, 1.807) is 6.07 Å². The maximum absolute atomic E-state index is 13.2. The zero-order valence-corrected chi connectivity index (χ0v) is 8.03. The molecular weight excluding hydrogens is 226 g/mol. The van der Waals surface area contributed by atoms with Crippen LogP contribution in [0.25, 0.3) is 0 Å². The fourth-order valence-electron chi connectivity index (χ4n) is 1.26. The Kier molecular flexibility index (Phi) is 3.85. The first kappa shape index (κ1) is 12.5. The predicted octanol–water partition coefficient (Wildman–Crippen LogP) is 2.19. The van der Waals surface area contributed by atoms with Gasteiger partial charge in [0.1, 0.15) is 0 Å². The number of rotatable bonds is 3. The molecular formula is C10H7F4NO. The summed E-state index contributed by atoms with van der Waals surface area (Å²) in [5.41, 5.74) is -1.86. The van der Waals surface area contributed by atoms with E-state index in [2.05, 4.69) is 0 Å². The van der Waals surface area contributed by atoms with Crippen molar-refractivity contribution < 1.29 is 22.7 Å². The number of aliphatic hydroxyl groups is 1. The number of nitrogens with zero attached hydrogens (tertiary/aromatic N) is 1. The number of nitriles is 1. The molecule has 0 bridgehead atoms. The number of halogens is 4. The molecule has 0 aliphatic rings. The summed E-state index contributed by atoms with van der Waals surface area (Å²) in [4.78, 5) is 0. The van der Waals surface area contributed by atoms with Crippen LogP contribution in [0.3, 0.4) is 0 Å². The summed E-state index contributed by atoms with van der Waals surface area (Å²) < 4.78 is 52.6. The minimum Gasteiger partial charge on any atom is -0.391 e. The van der Waals surface area contributed by atoms with Crippen LogP contribution in [-0.4, -0.2) is 5.11 Å². The second kappa shape index (κ2) is 4.94. The van der Waals surface area contributed by atoms with Crippen molar-refractivity contribution in [3.05, 3.63) is 34.4 Å². The third kappa shape index (κ3) is 1.99. The van der Waals surface area contributed by atoms with Crippen LogP contribution in [0.1, 0.15) is 17.5 Å². The quantitative estimate of drug-likeness (QED) is 0.642. The molecule has 0 saturated heterocycles. The molecule has 0 aliphatic carbocycles. The van der Waals surface area contributed by atoms with Crippen molar-refractivity contribution in [1.82, 2.24) is 0 Å². The Labute approximate surface area is 88.7 Å².